The van der Waals surface area contributed by atoms with Crippen LogP contribution in [0.4, 0.5) is 0 Å². The average Bonchev–Trinajstić information content (AvgIpc) is 2.92. The van der Waals surface area contributed by atoms with Gasteiger partial charge in [-0.3, -0.25) is 4.79 Å². The molecule has 0 radical (unpaired) electrons. The molecule has 2 atom stereocenters. The fourth-order valence-corrected chi connectivity index (χ4v) is 3.40. The second-order valence-electron chi connectivity index (χ2n) is 5.64. The Labute approximate surface area is 129 Å². The summed E-state index contributed by atoms with van der Waals surface area (Å²) in [5.41, 5.74) is 3.16. The first kappa shape index (κ1) is 14.6. The lowest BCUT2D eigenvalue weighted by Crippen LogP contribution is -2.50. The van der Waals surface area contributed by atoms with Gasteiger partial charge in [0.15, 0.2) is 0 Å². The second-order valence-corrected chi connectivity index (χ2v) is 5.64. The van der Waals surface area contributed by atoms with Gasteiger partial charge in [-0.2, -0.15) is 0 Å². The van der Waals surface area contributed by atoms with Crippen LogP contribution >= 0.6 is 0 Å². The Bertz CT molecular complexity index is 735. The summed E-state index contributed by atoms with van der Waals surface area (Å²) in [7, 11) is 1.37. The van der Waals surface area contributed by atoms with Crippen molar-refractivity contribution in [1.82, 2.24) is 9.88 Å². The molecule has 2 aromatic rings. The first-order valence-corrected chi connectivity index (χ1v) is 7.57. The Morgan fingerprint density at radius 3 is 2.77 bits per heavy atom. The van der Waals surface area contributed by atoms with Crippen LogP contribution < -0.4 is 0 Å². The van der Waals surface area contributed by atoms with E-state index >= 15 is 0 Å². The van der Waals surface area contributed by atoms with E-state index in [0.29, 0.717) is 12.8 Å². The highest BCUT2D eigenvalue weighted by Crippen LogP contribution is 2.37. The van der Waals surface area contributed by atoms with Gasteiger partial charge in [-0.15, -0.1) is 0 Å². The van der Waals surface area contributed by atoms with Gasteiger partial charge in [0.1, 0.15) is 6.04 Å². The number of fused-ring (bicyclic) bond motifs is 3. The molecule has 0 saturated carbocycles. The molecule has 0 saturated heterocycles. The van der Waals surface area contributed by atoms with Crippen LogP contribution in [0.5, 0.6) is 0 Å². The fraction of sp³-hybridized carbons (Fsp3) is 0.412. The average molecular weight is 300 g/mol. The Morgan fingerprint density at radius 2 is 2.09 bits per heavy atom. The van der Waals surface area contributed by atoms with E-state index in [9.17, 15) is 9.59 Å². The van der Waals surface area contributed by atoms with Crippen LogP contribution in [0.25, 0.3) is 10.9 Å². The zero-order valence-electron chi connectivity index (χ0n) is 13.1. The molecule has 0 spiro atoms. The van der Waals surface area contributed by atoms with E-state index in [1.165, 1.54) is 7.11 Å². The predicted molar refractivity (Wildman–Crippen MR) is 83.4 cm³/mol. The molecule has 0 aliphatic carbocycles. The van der Waals surface area contributed by atoms with Gasteiger partial charge in [-0.05, 0) is 18.6 Å². The molecule has 1 aromatic heterocycles. The highest BCUT2D eigenvalue weighted by atomic mass is 16.5. The Kier molecular flexibility index (Phi) is 3.64. The maximum atomic E-state index is 12.3. The van der Waals surface area contributed by atoms with Crippen molar-refractivity contribution in [2.75, 3.05) is 7.11 Å². The molecule has 1 aromatic carbocycles. The van der Waals surface area contributed by atoms with Crippen LogP contribution in [0.1, 0.15) is 37.6 Å². The molecule has 0 fully saturated rings. The number of H-pyrrole nitrogens is 1. The lowest BCUT2D eigenvalue weighted by Gasteiger charge is -2.39. The first-order chi connectivity index (χ1) is 10.6. The number of aromatic amines is 1. The number of aromatic nitrogens is 1. The quantitative estimate of drug-likeness (QED) is 0.867. The minimum absolute atomic E-state index is 0.0350. The molecule has 1 aliphatic heterocycles. The predicted octanol–water partition coefficient (Wildman–Crippen LogP) is 2.57. The fourth-order valence-electron chi connectivity index (χ4n) is 3.40. The number of para-hydroxylation sites is 1. The summed E-state index contributed by atoms with van der Waals surface area (Å²) in [6.07, 6.45) is 0.857. The number of ether oxygens (including phenoxy) is 1. The van der Waals surface area contributed by atoms with E-state index < -0.39 is 6.04 Å². The topological polar surface area (TPSA) is 62.4 Å². The summed E-state index contributed by atoms with van der Waals surface area (Å²) in [4.78, 5) is 29.6. The smallest absolute Gasteiger partial charge is 0.328 e. The minimum Gasteiger partial charge on any atom is -0.467 e. The zero-order chi connectivity index (χ0) is 15.9. The van der Waals surface area contributed by atoms with Crippen LogP contribution in [0.2, 0.25) is 0 Å². The number of carbonyl (C=O) groups excluding carboxylic acids is 2. The van der Waals surface area contributed by atoms with Gasteiger partial charge < -0.3 is 14.6 Å². The molecule has 0 unspecified atom stereocenters. The minimum atomic E-state index is -0.556. The van der Waals surface area contributed by atoms with Crippen LogP contribution in [-0.4, -0.2) is 34.9 Å². The number of methoxy groups -OCH3 is 1. The van der Waals surface area contributed by atoms with E-state index in [-0.39, 0.29) is 17.9 Å². The summed E-state index contributed by atoms with van der Waals surface area (Å²) < 4.78 is 4.92. The van der Waals surface area contributed by atoms with E-state index in [1.807, 2.05) is 38.1 Å². The normalized spacial score (nSPS) is 20.8. The number of nitrogens with zero attached hydrogens (tertiary/aromatic N) is 1. The van der Waals surface area contributed by atoms with Crippen LogP contribution in [-0.2, 0) is 20.7 Å². The van der Waals surface area contributed by atoms with Crippen molar-refractivity contribution >= 4 is 22.8 Å². The third-order valence-corrected chi connectivity index (χ3v) is 4.48. The first-order valence-electron chi connectivity index (χ1n) is 7.57. The molecule has 116 valence electrons. The SMILES string of the molecule is CCC(=O)N1[C@@H](C(=O)OC)Cc2c([nH]c3ccccc23)[C@H]1C. The Hall–Kier alpha value is -2.30. The summed E-state index contributed by atoms with van der Waals surface area (Å²) >= 11 is 0. The summed E-state index contributed by atoms with van der Waals surface area (Å²) in [5, 5.41) is 1.11. The molecule has 22 heavy (non-hydrogen) atoms. The van der Waals surface area contributed by atoms with Gasteiger partial charge in [0.2, 0.25) is 5.91 Å². The van der Waals surface area contributed by atoms with Crippen LogP contribution in [0.3, 0.4) is 0 Å². The maximum absolute atomic E-state index is 12.3. The third-order valence-electron chi connectivity index (χ3n) is 4.48. The van der Waals surface area contributed by atoms with Crippen molar-refractivity contribution in [2.24, 2.45) is 0 Å². The number of rotatable bonds is 2. The number of esters is 1. The molecule has 1 N–H and O–H groups in total. The van der Waals surface area contributed by atoms with E-state index in [2.05, 4.69) is 4.98 Å². The summed E-state index contributed by atoms with van der Waals surface area (Å²) in [6.45, 7) is 3.76. The number of hydrogen-bond donors (Lipinski definition) is 1. The molecule has 0 bridgehead atoms. The number of hydrogen-bond acceptors (Lipinski definition) is 3. The van der Waals surface area contributed by atoms with Crippen molar-refractivity contribution in [1.29, 1.82) is 0 Å². The Morgan fingerprint density at radius 1 is 1.36 bits per heavy atom. The monoisotopic (exact) mass is 300 g/mol. The standard InChI is InChI=1S/C17H20N2O3/c1-4-15(20)19-10(2)16-12(9-14(19)17(21)22-3)11-7-5-6-8-13(11)18-16/h5-8,10,14,18H,4,9H2,1-3H3/t10-,14-/m1/s1. The molecule has 2 heterocycles. The molecule has 5 nitrogen and oxygen atoms in total. The van der Waals surface area contributed by atoms with Gasteiger partial charge in [-0.25, -0.2) is 4.79 Å². The molecule has 1 amide bonds. The van der Waals surface area contributed by atoms with E-state index in [1.54, 1.807) is 4.90 Å². The van der Waals surface area contributed by atoms with Gasteiger partial charge in [-0.1, -0.05) is 25.1 Å². The van der Waals surface area contributed by atoms with E-state index in [0.717, 1.165) is 22.2 Å². The molecular weight excluding hydrogens is 280 g/mol. The molecule has 3 rings (SSSR count). The number of amides is 1. The van der Waals surface area contributed by atoms with Gasteiger partial charge >= 0.3 is 5.97 Å². The van der Waals surface area contributed by atoms with Gasteiger partial charge in [0.25, 0.3) is 0 Å². The lowest BCUT2D eigenvalue weighted by atomic mass is 9.92. The summed E-state index contributed by atoms with van der Waals surface area (Å²) in [6, 6.07) is 7.29. The van der Waals surface area contributed by atoms with Crippen LogP contribution in [0.15, 0.2) is 24.3 Å². The van der Waals surface area contributed by atoms with Crippen molar-refractivity contribution in [3.8, 4) is 0 Å². The number of nitrogens with one attached hydrogen (secondary N) is 1. The highest BCUT2D eigenvalue weighted by molar-refractivity contribution is 5.90. The zero-order valence-corrected chi connectivity index (χ0v) is 13.1. The van der Waals surface area contributed by atoms with Crippen LogP contribution in [0, 0.1) is 0 Å². The van der Waals surface area contributed by atoms with E-state index in [4.69, 9.17) is 4.74 Å². The number of carbonyl (C=O) groups is 2. The highest BCUT2D eigenvalue weighted by Gasteiger charge is 2.40. The molecular formula is C17H20N2O3. The van der Waals surface area contributed by atoms with Crippen molar-refractivity contribution in [3.05, 3.63) is 35.5 Å². The largest absolute Gasteiger partial charge is 0.467 e. The van der Waals surface area contributed by atoms with Gasteiger partial charge in [0.05, 0.1) is 13.2 Å². The number of benzene rings is 1. The maximum Gasteiger partial charge on any atom is 0.328 e. The van der Waals surface area contributed by atoms with Crippen molar-refractivity contribution in [2.45, 2.75) is 38.8 Å². The second kappa shape index (κ2) is 5.48. The van der Waals surface area contributed by atoms with Crippen molar-refractivity contribution in [3.63, 3.8) is 0 Å². The summed E-state index contributed by atoms with van der Waals surface area (Å²) in [5.74, 6) is -0.392. The van der Waals surface area contributed by atoms with Crippen molar-refractivity contribution < 1.29 is 14.3 Å². The molecule has 5 heteroatoms. The Balaban J connectivity index is 2.14. The lowest BCUT2D eigenvalue weighted by molar-refractivity contribution is -0.155. The van der Waals surface area contributed by atoms with Gasteiger partial charge in [0, 0.05) is 29.4 Å². The third kappa shape index (κ3) is 2.08. The molecule has 1 aliphatic rings.